The average Bonchev–Trinajstić information content (AvgIpc) is 3.77. The SMILES string of the molecule is c1ccc(N(c2ccc(N3c4ccc5ccccc5c4-c4cccc5cccc3c45)cc2)c2ccc3c(c2)C2(c4ccccc4-c4ccccc42)c2ccccc2-3)cc1. The molecule has 59 heavy (non-hydrogen) atoms. The second kappa shape index (κ2) is 12.2. The number of fused-ring (bicyclic) bond motifs is 14. The summed E-state index contributed by atoms with van der Waals surface area (Å²) in [5.41, 5.74) is 19.7. The van der Waals surface area contributed by atoms with Crippen LogP contribution < -0.4 is 9.80 Å². The van der Waals surface area contributed by atoms with Crippen molar-refractivity contribution in [2.24, 2.45) is 0 Å². The van der Waals surface area contributed by atoms with Crippen molar-refractivity contribution in [2.75, 3.05) is 9.80 Å². The Morgan fingerprint density at radius 3 is 1.59 bits per heavy atom. The molecule has 1 heterocycles. The molecular weight excluding hydrogens is 713 g/mol. The quantitative estimate of drug-likeness (QED) is 0.177. The van der Waals surface area contributed by atoms with Gasteiger partial charge in [-0.2, -0.15) is 0 Å². The zero-order chi connectivity index (χ0) is 38.7. The van der Waals surface area contributed by atoms with E-state index in [1.54, 1.807) is 0 Å². The Labute approximate surface area is 343 Å². The molecule has 10 aromatic rings. The number of hydrogen-bond donors (Lipinski definition) is 0. The maximum atomic E-state index is 2.47. The van der Waals surface area contributed by atoms with Crippen molar-refractivity contribution in [3.8, 4) is 33.4 Å². The smallest absolute Gasteiger partial charge is 0.0726 e. The van der Waals surface area contributed by atoms with Crippen molar-refractivity contribution in [1.82, 2.24) is 0 Å². The number of para-hydroxylation sites is 1. The van der Waals surface area contributed by atoms with Crippen LogP contribution in [0, 0.1) is 0 Å². The summed E-state index contributed by atoms with van der Waals surface area (Å²) >= 11 is 0. The van der Waals surface area contributed by atoms with Gasteiger partial charge in [0.25, 0.3) is 0 Å². The molecule has 0 atom stereocenters. The first-order chi connectivity index (χ1) is 29.3. The number of hydrogen-bond acceptors (Lipinski definition) is 2. The number of nitrogens with zero attached hydrogens (tertiary/aromatic N) is 2. The van der Waals surface area contributed by atoms with Crippen molar-refractivity contribution in [3.05, 3.63) is 241 Å². The van der Waals surface area contributed by atoms with Crippen molar-refractivity contribution in [3.63, 3.8) is 0 Å². The number of anilines is 6. The van der Waals surface area contributed by atoms with E-state index < -0.39 is 5.41 Å². The Kier molecular flexibility index (Phi) is 6.68. The Balaban J connectivity index is 0.998. The van der Waals surface area contributed by atoms with Gasteiger partial charge >= 0.3 is 0 Å². The summed E-state index contributed by atoms with van der Waals surface area (Å²) in [5.74, 6) is 0. The van der Waals surface area contributed by atoms with E-state index in [-0.39, 0.29) is 0 Å². The van der Waals surface area contributed by atoms with Gasteiger partial charge in [0.2, 0.25) is 0 Å². The number of benzene rings is 10. The van der Waals surface area contributed by atoms with Gasteiger partial charge in [-0.05, 0) is 127 Å². The van der Waals surface area contributed by atoms with Crippen LogP contribution in [0.1, 0.15) is 22.3 Å². The molecule has 2 aliphatic carbocycles. The third-order valence-corrected chi connectivity index (χ3v) is 13.2. The highest BCUT2D eigenvalue weighted by Gasteiger charge is 2.51. The summed E-state index contributed by atoms with van der Waals surface area (Å²) in [7, 11) is 0. The van der Waals surface area contributed by atoms with Gasteiger partial charge in [0, 0.05) is 33.7 Å². The second-order valence-corrected chi connectivity index (χ2v) is 16.0. The fourth-order valence-corrected chi connectivity index (χ4v) is 10.9. The van der Waals surface area contributed by atoms with Crippen LogP contribution in [-0.4, -0.2) is 0 Å². The lowest BCUT2D eigenvalue weighted by atomic mass is 9.70. The zero-order valence-electron chi connectivity index (χ0n) is 32.2. The molecule has 10 aromatic carbocycles. The molecule has 13 rings (SSSR count). The van der Waals surface area contributed by atoms with E-state index in [1.807, 2.05) is 0 Å². The van der Waals surface area contributed by atoms with Gasteiger partial charge in [-0.3, -0.25) is 0 Å². The van der Waals surface area contributed by atoms with Crippen molar-refractivity contribution in [1.29, 1.82) is 0 Å². The minimum atomic E-state index is -0.412. The minimum absolute atomic E-state index is 0.412. The van der Waals surface area contributed by atoms with Crippen LogP contribution >= 0.6 is 0 Å². The predicted molar refractivity (Wildman–Crippen MR) is 246 cm³/mol. The molecular formula is C57H36N2. The Morgan fingerprint density at radius 1 is 0.339 bits per heavy atom. The second-order valence-electron chi connectivity index (χ2n) is 16.0. The van der Waals surface area contributed by atoms with Crippen LogP contribution in [0.5, 0.6) is 0 Å². The van der Waals surface area contributed by atoms with Crippen LogP contribution in [0.15, 0.2) is 218 Å². The first-order valence-corrected chi connectivity index (χ1v) is 20.5. The van der Waals surface area contributed by atoms with Gasteiger partial charge < -0.3 is 9.80 Å². The molecule has 0 unspecified atom stereocenters. The van der Waals surface area contributed by atoms with E-state index in [1.165, 1.54) is 88.6 Å². The standard InChI is InChI=1S/C57H36N2/c1-2-17-39(18-3-1)58(42-33-34-47-46-22-8-11-26-51(46)57(52(47)36-42)49-24-9-6-20-44(49)45-21-7-10-25-50(45)57)40-29-31-41(32-30-40)59-53-27-13-16-38-15-12-23-48(55(38)53)56-43-19-5-4-14-37(43)28-35-54(56)59/h1-36H. The lowest BCUT2D eigenvalue weighted by molar-refractivity contribution is 0.793. The monoisotopic (exact) mass is 748 g/mol. The molecule has 0 saturated heterocycles. The molecule has 1 spiro atoms. The van der Waals surface area contributed by atoms with E-state index in [0.717, 1.165) is 22.7 Å². The van der Waals surface area contributed by atoms with E-state index in [4.69, 9.17) is 0 Å². The molecule has 0 fully saturated rings. The fourth-order valence-electron chi connectivity index (χ4n) is 10.9. The van der Waals surface area contributed by atoms with E-state index in [2.05, 4.69) is 228 Å². The molecule has 3 aliphatic rings. The van der Waals surface area contributed by atoms with Crippen LogP contribution in [0.4, 0.5) is 34.1 Å². The average molecular weight is 749 g/mol. The Morgan fingerprint density at radius 2 is 0.881 bits per heavy atom. The molecule has 0 bridgehead atoms. The van der Waals surface area contributed by atoms with Crippen LogP contribution in [0.2, 0.25) is 0 Å². The van der Waals surface area contributed by atoms with Gasteiger partial charge in [-0.1, -0.05) is 158 Å². The third kappa shape index (κ3) is 4.35. The molecule has 0 N–H and O–H groups in total. The van der Waals surface area contributed by atoms with Gasteiger partial charge in [-0.25, -0.2) is 0 Å². The first kappa shape index (κ1) is 32.4. The fraction of sp³-hybridized carbons (Fsp3) is 0.0175. The molecule has 1 aliphatic heterocycles. The lowest BCUT2D eigenvalue weighted by Crippen LogP contribution is -2.26. The van der Waals surface area contributed by atoms with E-state index >= 15 is 0 Å². The summed E-state index contributed by atoms with van der Waals surface area (Å²) < 4.78 is 0. The minimum Gasteiger partial charge on any atom is -0.310 e. The lowest BCUT2D eigenvalue weighted by Gasteiger charge is -2.35. The maximum Gasteiger partial charge on any atom is 0.0726 e. The molecule has 2 heteroatoms. The first-order valence-electron chi connectivity index (χ1n) is 20.5. The highest BCUT2D eigenvalue weighted by molar-refractivity contribution is 6.19. The Bertz CT molecular complexity index is 3270. The summed E-state index contributed by atoms with van der Waals surface area (Å²) in [6.07, 6.45) is 0. The Hall–Kier alpha value is -7.68. The van der Waals surface area contributed by atoms with Gasteiger partial charge in [0.1, 0.15) is 0 Å². The van der Waals surface area contributed by atoms with Crippen molar-refractivity contribution >= 4 is 55.7 Å². The van der Waals surface area contributed by atoms with Gasteiger partial charge in [-0.15, -0.1) is 0 Å². The molecule has 0 amide bonds. The highest BCUT2D eigenvalue weighted by Crippen LogP contribution is 2.63. The van der Waals surface area contributed by atoms with Crippen LogP contribution in [-0.2, 0) is 5.41 Å². The summed E-state index contributed by atoms with van der Waals surface area (Å²) in [6, 6.07) is 81.0. The van der Waals surface area contributed by atoms with E-state index in [9.17, 15) is 0 Å². The summed E-state index contributed by atoms with van der Waals surface area (Å²) in [6.45, 7) is 0. The molecule has 0 saturated carbocycles. The van der Waals surface area contributed by atoms with E-state index in [0.29, 0.717) is 0 Å². The van der Waals surface area contributed by atoms with Crippen molar-refractivity contribution < 1.29 is 0 Å². The maximum absolute atomic E-state index is 2.47. The van der Waals surface area contributed by atoms with Gasteiger partial charge in [0.15, 0.2) is 0 Å². The normalized spacial score (nSPS) is 13.5. The van der Waals surface area contributed by atoms with Crippen LogP contribution in [0.3, 0.4) is 0 Å². The molecule has 274 valence electrons. The largest absolute Gasteiger partial charge is 0.310 e. The summed E-state index contributed by atoms with van der Waals surface area (Å²) in [4.78, 5) is 4.88. The number of rotatable bonds is 4. The third-order valence-electron chi connectivity index (χ3n) is 13.2. The molecule has 2 nitrogen and oxygen atoms in total. The van der Waals surface area contributed by atoms with Gasteiger partial charge in [0.05, 0.1) is 16.8 Å². The summed E-state index contributed by atoms with van der Waals surface area (Å²) in [5, 5.41) is 5.06. The van der Waals surface area contributed by atoms with Crippen molar-refractivity contribution in [2.45, 2.75) is 5.41 Å². The highest BCUT2D eigenvalue weighted by atomic mass is 15.2. The van der Waals surface area contributed by atoms with Crippen LogP contribution in [0.25, 0.3) is 54.9 Å². The molecule has 0 aromatic heterocycles. The topological polar surface area (TPSA) is 6.48 Å². The zero-order valence-corrected chi connectivity index (χ0v) is 32.2. The predicted octanol–water partition coefficient (Wildman–Crippen LogP) is 15.3. The molecule has 0 radical (unpaired) electrons.